The predicted molar refractivity (Wildman–Crippen MR) is 88.6 cm³/mol. The van der Waals surface area contributed by atoms with E-state index in [1.54, 1.807) is 0 Å². The predicted octanol–water partition coefficient (Wildman–Crippen LogP) is 2.43. The summed E-state index contributed by atoms with van der Waals surface area (Å²) in [6, 6.07) is 2.40. The number of β-amino-alcohol motifs (C(OH)–C–C–N with tert-alkyl or cyclic N) is 1. The topological polar surface area (TPSA) is 65.7 Å². The Bertz CT molecular complexity index is 567. The molecule has 3 rings (SSSR count). The first-order valence-corrected chi connectivity index (χ1v) is 8.79. The normalized spacial score (nSPS) is 28.7. The fourth-order valence-electron chi connectivity index (χ4n) is 3.88. The van der Waals surface area contributed by atoms with Crippen LogP contribution in [0.5, 0.6) is 0 Å². The fraction of sp³-hybridized carbons (Fsp3) is 0.722. The van der Waals surface area contributed by atoms with E-state index in [0.717, 1.165) is 44.5 Å². The number of aliphatic hydroxyl groups excluding tert-OH is 1. The molecule has 1 saturated heterocycles. The number of nitrogens with one attached hydrogen (secondary N) is 1. The number of likely N-dealkylation sites (tertiary alicyclic amines) is 1. The van der Waals surface area contributed by atoms with Crippen molar-refractivity contribution in [3.8, 4) is 0 Å². The molecule has 1 aliphatic carbocycles. The molecular formula is C18H28N2O3. The summed E-state index contributed by atoms with van der Waals surface area (Å²) in [6.07, 6.45) is 3.87. The second-order valence-corrected chi connectivity index (χ2v) is 7.29. The first-order valence-electron chi connectivity index (χ1n) is 8.79. The highest BCUT2D eigenvalue weighted by Gasteiger charge is 2.36. The van der Waals surface area contributed by atoms with Crippen LogP contribution in [0.2, 0.25) is 0 Å². The van der Waals surface area contributed by atoms with Gasteiger partial charge < -0.3 is 14.8 Å². The maximum Gasteiger partial charge on any atom is 0.255 e. The third-order valence-corrected chi connectivity index (χ3v) is 5.21. The fourth-order valence-corrected chi connectivity index (χ4v) is 3.88. The smallest absolute Gasteiger partial charge is 0.255 e. The van der Waals surface area contributed by atoms with E-state index < -0.39 is 0 Å². The zero-order chi connectivity index (χ0) is 16.6. The Kier molecular flexibility index (Phi) is 4.78. The zero-order valence-corrected chi connectivity index (χ0v) is 14.3. The summed E-state index contributed by atoms with van der Waals surface area (Å²) < 4.78 is 5.70. The third kappa shape index (κ3) is 3.45. The number of hydrogen-bond acceptors (Lipinski definition) is 4. The first-order chi connectivity index (χ1) is 11.0. The van der Waals surface area contributed by atoms with Gasteiger partial charge in [-0.25, -0.2) is 0 Å². The summed E-state index contributed by atoms with van der Waals surface area (Å²) >= 11 is 0. The standard InChI is InChI=1S/C18H28N2O3/c1-11(2)17-9-14(12(3)23-17)18(22)19-15-5-4-6-16(15)20-8-7-13(21)10-20/h9,11,13,15-16,21H,4-8,10H2,1-3H3,(H,19,22)/t13?,15-,16+/m1/s1. The van der Waals surface area contributed by atoms with Crippen LogP contribution < -0.4 is 5.32 Å². The highest BCUT2D eigenvalue weighted by atomic mass is 16.3. The van der Waals surface area contributed by atoms with Crippen molar-refractivity contribution < 1.29 is 14.3 Å². The number of furan rings is 1. The van der Waals surface area contributed by atoms with E-state index in [9.17, 15) is 9.90 Å². The Hall–Kier alpha value is -1.33. The third-order valence-electron chi connectivity index (χ3n) is 5.21. The van der Waals surface area contributed by atoms with Crippen LogP contribution in [0.3, 0.4) is 0 Å². The molecule has 1 aromatic rings. The molecule has 2 heterocycles. The largest absolute Gasteiger partial charge is 0.465 e. The molecule has 2 aliphatic rings. The molecule has 128 valence electrons. The number of aliphatic hydroxyl groups is 1. The van der Waals surface area contributed by atoms with Gasteiger partial charge in [0.05, 0.1) is 11.7 Å². The van der Waals surface area contributed by atoms with E-state index in [1.165, 1.54) is 0 Å². The average molecular weight is 320 g/mol. The van der Waals surface area contributed by atoms with Crippen LogP contribution in [-0.4, -0.2) is 47.2 Å². The minimum absolute atomic E-state index is 0.0326. The van der Waals surface area contributed by atoms with Gasteiger partial charge in [-0.05, 0) is 38.7 Å². The first kappa shape index (κ1) is 16.5. The number of amides is 1. The molecule has 0 radical (unpaired) electrons. The van der Waals surface area contributed by atoms with Gasteiger partial charge in [0.2, 0.25) is 0 Å². The maximum absolute atomic E-state index is 12.6. The van der Waals surface area contributed by atoms with Crippen molar-refractivity contribution in [3.63, 3.8) is 0 Å². The molecule has 1 amide bonds. The van der Waals surface area contributed by atoms with Gasteiger partial charge >= 0.3 is 0 Å². The summed E-state index contributed by atoms with van der Waals surface area (Å²) in [7, 11) is 0. The quantitative estimate of drug-likeness (QED) is 0.894. The second-order valence-electron chi connectivity index (χ2n) is 7.29. The Morgan fingerprint density at radius 2 is 2.17 bits per heavy atom. The van der Waals surface area contributed by atoms with E-state index in [4.69, 9.17) is 4.42 Å². The molecule has 23 heavy (non-hydrogen) atoms. The van der Waals surface area contributed by atoms with Gasteiger partial charge in [0.15, 0.2) is 0 Å². The number of aryl methyl sites for hydroxylation is 1. The average Bonchev–Trinajstić information content (AvgIpc) is 3.18. The Morgan fingerprint density at radius 3 is 2.78 bits per heavy atom. The number of carbonyl (C=O) groups is 1. The van der Waals surface area contributed by atoms with Gasteiger partial charge in [-0.1, -0.05) is 13.8 Å². The highest BCUT2D eigenvalue weighted by molar-refractivity contribution is 5.95. The minimum Gasteiger partial charge on any atom is -0.465 e. The molecule has 3 atom stereocenters. The van der Waals surface area contributed by atoms with Gasteiger partial charge in [-0.2, -0.15) is 0 Å². The van der Waals surface area contributed by atoms with Crippen molar-refractivity contribution >= 4 is 5.91 Å². The Balaban J connectivity index is 1.67. The van der Waals surface area contributed by atoms with Crippen LogP contribution in [0, 0.1) is 6.92 Å². The molecule has 2 N–H and O–H groups in total. The van der Waals surface area contributed by atoms with E-state index in [2.05, 4.69) is 24.1 Å². The van der Waals surface area contributed by atoms with E-state index in [-0.39, 0.29) is 24.0 Å². The monoisotopic (exact) mass is 320 g/mol. The lowest BCUT2D eigenvalue weighted by Gasteiger charge is -2.29. The number of carbonyl (C=O) groups excluding carboxylic acids is 1. The van der Waals surface area contributed by atoms with E-state index in [1.807, 2.05) is 13.0 Å². The van der Waals surface area contributed by atoms with E-state index in [0.29, 0.717) is 17.4 Å². The lowest BCUT2D eigenvalue weighted by molar-refractivity contribution is 0.0904. The van der Waals surface area contributed by atoms with Crippen LogP contribution in [0.1, 0.15) is 67.3 Å². The lowest BCUT2D eigenvalue weighted by Crippen LogP contribution is -2.48. The van der Waals surface area contributed by atoms with Crippen molar-refractivity contribution in [1.29, 1.82) is 0 Å². The molecule has 1 aliphatic heterocycles. The van der Waals surface area contributed by atoms with Crippen molar-refractivity contribution in [3.05, 3.63) is 23.2 Å². The molecule has 0 spiro atoms. The van der Waals surface area contributed by atoms with Gasteiger partial charge in [0.25, 0.3) is 5.91 Å². The molecule has 2 fully saturated rings. The van der Waals surface area contributed by atoms with Gasteiger partial charge in [-0.15, -0.1) is 0 Å². The highest BCUT2D eigenvalue weighted by Crippen LogP contribution is 2.28. The van der Waals surface area contributed by atoms with Gasteiger partial charge in [-0.3, -0.25) is 9.69 Å². The molecule has 0 aromatic carbocycles. The van der Waals surface area contributed by atoms with Crippen molar-refractivity contribution in [2.45, 2.75) is 70.6 Å². The van der Waals surface area contributed by atoms with Crippen molar-refractivity contribution in [2.75, 3.05) is 13.1 Å². The van der Waals surface area contributed by atoms with Crippen LogP contribution >= 0.6 is 0 Å². The van der Waals surface area contributed by atoms with Crippen LogP contribution in [0.25, 0.3) is 0 Å². The van der Waals surface area contributed by atoms with Gasteiger partial charge in [0, 0.05) is 31.1 Å². The Morgan fingerprint density at radius 1 is 1.39 bits per heavy atom. The zero-order valence-electron chi connectivity index (χ0n) is 14.3. The number of hydrogen-bond donors (Lipinski definition) is 2. The Labute approximate surface area is 138 Å². The number of nitrogens with zero attached hydrogens (tertiary/aromatic N) is 1. The molecule has 1 aromatic heterocycles. The molecule has 0 bridgehead atoms. The lowest BCUT2D eigenvalue weighted by atomic mass is 10.1. The molecule has 5 heteroatoms. The summed E-state index contributed by atoms with van der Waals surface area (Å²) in [5, 5.41) is 13.0. The maximum atomic E-state index is 12.6. The summed E-state index contributed by atoms with van der Waals surface area (Å²) in [6.45, 7) is 7.64. The van der Waals surface area contributed by atoms with Crippen LogP contribution in [0.15, 0.2) is 10.5 Å². The molecule has 5 nitrogen and oxygen atoms in total. The summed E-state index contributed by atoms with van der Waals surface area (Å²) in [5.74, 6) is 1.80. The van der Waals surface area contributed by atoms with Crippen LogP contribution in [0.4, 0.5) is 0 Å². The van der Waals surface area contributed by atoms with E-state index >= 15 is 0 Å². The molecule has 1 unspecified atom stereocenters. The van der Waals surface area contributed by atoms with Crippen molar-refractivity contribution in [1.82, 2.24) is 10.2 Å². The van der Waals surface area contributed by atoms with Crippen LogP contribution in [-0.2, 0) is 0 Å². The second kappa shape index (κ2) is 6.65. The molecular weight excluding hydrogens is 292 g/mol. The summed E-state index contributed by atoms with van der Waals surface area (Å²) in [5.41, 5.74) is 0.654. The minimum atomic E-state index is -0.211. The number of rotatable bonds is 4. The van der Waals surface area contributed by atoms with Gasteiger partial charge in [0.1, 0.15) is 11.5 Å². The summed E-state index contributed by atoms with van der Waals surface area (Å²) in [4.78, 5) is 15.0. The van der Waals surface area contributed by atoms with Crippen molar-refractivity contribution in [2.24, 2.45) is 0 Å². The SMILES string of the molecule is Cc1oc(C(C)C)cc1C(=O)N[C@@H]1CCC[C@@H]1N1CCC(O)C1. The molecule has 1 saturated carbocycles.